The Morgan fingerprint density at radius 1 is 1.18 bits per heavy atom. The molecular formula is C17H23N3O2. The van der Waals surface area contributed by atoms with Crippen molar-refractivity contribution in [3.05, 3.63) is 36.0 Å². The molecule has 4 N–H and O–H groups in total. The molecule has 5 heteroatoms. The van der Waals surface area contributed by atoms with Crippen LogP contribution in [0.1, 0.15) is 37.8 Å². The molecule has 0 spiro atoms. The van der Waals surface area contributed by atoms with Gasteiger partial charge in [0.25, 0.3) is 0 Å². The summed E-state index contributed by atoms with van der Waals surface area (Å²) in [4.78, 5) is 15.1. The van der Waals surface area contributed by atoms with Crippen molar-refractivity contribution in [1.29, 1.82) is 0 Å². The highest BCUT2D eigenvalue weighted by Gasteiger charge is 2.29. The number of aliphatic hydroxyl groups is 1. The van der Waals surface area contributed by atoms with E-state index in [0.717, 1.165) is 42.3 Å². The average Bonchev–Trinajstić information content (AvgIpc) is 2.95. The highest BCUT2D eigenvalue weighted by molar-refractivity contribution is 5.80. The fraction of sp³-hybridized carbons (Fsp3) is 0.471. The Bertz CT molecular complexity index is 611. The molecule has 2 amide bonds. The summed E-state index contributed by atoms with van der Waals surface area (Å²) >= 11 is 0. The smallest absolute Gasteiger partial charge is 0.315 e. The summed E-state index contributed by atoms with van der Waals surface area (Å²) in [7, 11) is 0. The first-order chi connectivity index (χ1) is 10.6. The van der Waals surface area contributed by atoms with Gasteiger partial charge >= 0.3 is 6.03 Å². The molecule has 1 heterocycles. The maximum Gasteiger partial charge on any atom is 0.315 e. The molecule has 0 unspecified atom stereocenters. The summed E-state index contributed by atoms with van der Waals surface area (Å²) < 4.78 is 0. The molecule has 3 rings (SSSR count). The number of para-hydroxylation sites is 1. The molecule has 1 aromatic heterocycles. The van der Waals surface area contributed by atoms with Crippen molar-refractivity contribution in [2.75, 3.05) is 6.54 Å². The van der Waals surface area contributed by atoms with Crippen LogP contribution in [0.5, 0.6) is 0 Å². The van der Waals surface area contributed by atoms with Gasteiger partial charge in [0.2, 0.25) is 0 Å². The van der Waals surface area contributed by atoms with Crippen molar-refractivity contribution in [2.45, 2.75) is 44.2 Å². The topological polar surface area (TPSA) is 77.2 Å². The molecule has 0 atom stereocenters. The fourth-order valence-electron chi connectivity index (χ4n) is 3.10. The number of rotatable bonds is 4. The third-order valence-corrected chi connectivity index (χ3v) is 4.39. The van der Waals surface area contributed by atoms with Gasteiger partial charge in [-0.3, -0.25) is 0 Å². The minimum absolute atomic E-state index is 0.238. The van der Waals surface area contributed by atoms with E-state index in [1.165, 1.54) is 6.42 Å². The summed E-state index contributed by atoms with van der Waals surface area (Å²) in [6, 6.07) is 9.81. The van der Waals surface area contributed by atoms with E-state index in [1.54, 1.807) is 0 Å². The number of fused-ring (bicyclic) bond motifs is 1. The lowest BCUT2D eigenvalue weighted by atomic mass is 9.85. The standard InChI is InChI=1S/C17H23N3O2/c21-16(19-12-17(22)8-4-1-5-9-17)18-11-14-10-13-6-2-3-7-15(13)20-14/h2-3,6-7,10,20,22H,1,4-5,8-9,11-12H2,(H2,18,19,21). The van der Waals surface area contributed by atoms with Crippen LogP contribution < -0.4 is 10.6 Å². The van der Waals surface area contributed by atoms with Gasteiger partial charge in [-0.05, 0) is 30.4 Å². The van der Waals surface area contributed by atoms with Crippen LogP contribution in [0.2, 0.25) is 0 Å². The molecule has 1 fully saturated rings. The molecule has 2 aromatic rings. The minimum Gasteiger partial charge on any atom is -0.388 e. The van der Waals surface area contributed by atoms with E-state index in [1.807, 2.05) is 30.3 Å². The molecule has 1 aromatic carbocycles. The Labute approximate surface area is 130 Å². The number of hydrogen-bond acceptors (Lipinski definition) is 2. The number of urea groups is 1. The summed E-state index contributed by atoms with van der Waals surface area (Å²) in [6.07, 6.45) is 4.79. The summed E-state index contributed by atoms with van der Waals surface area (Å²) in [6.45, 7) is 0.768. The van der Waals surface area contributed by atoms with Gasteiger partial charge in [-0.15, -0.1) is 0 Å². The van der Waals surface area contributed by atoms with Crippen LogP contribution in [-0.4, -0.2) is 28.3 Å². The van der Waals surface area contributed by atoms with Gasteiger partial charge in [-0.1, -0.05) is 37.5 Å². The molecule has 0 aliphatic heterocycles. The SMILES string of the molecule is O=C(NCc1cc2ccccc2[nH]1)NCC1(O)CCCCC1. The predicted molar refractivity (Wildman–Crippen MR) is 86.6 cm³/mol. The van der Waals surface area contributed by atoms with Gasteiger partial charge in [-0.2, -0.15) is 0 Å². The third-order valence-electron chi connectivity index (χ3n) is 4.39. The van der Waals surface area contributed by atoms with Crippen molar-refractivity contribution in [3.63, 3.8) is 0 Å². The second-order valence-corrected chi connectivity index (χ2v) is 6.20. The second kappa shape index (κ2) is 6.40. The molecule has 22 heavy (non-hydrogen) atoms. The largest absolute Gasteiger partial charge is 0.388 e. The van der Waals surface area contributed by atoms with Crippen LogP contribution in [0, 0.1) is 0 Å². The van der Waals surface area contributed by atoms with Crippen molar-refractivity contribution in [3.8, 4) is 0 Å². The van der Waals surface area contributed by atoms with Crippen LogP contribution >= 0.6 is 0 Å². The van der Waals surface area contributed by atoms with Crippen molar-refractivity contribution in [2.24, 2.45) is 0 Å². The number of nitrogens with one attached hydrogen (secondary N) is 3. The molecule has 0 bridgehead atoms. The summed E-state index contributed by atoms with van der Waals surface area (Å²) in [5.74, 6) is 0. The van der Waals surface area contributed by atoms with Gasteiger partial charge in [0.05, 0.1) is 12.1 Å². The van der Waals surface area contributed by atoms with Gasteiger partial charge < -0.3 is 20.7 Å². The maximum atomic E-state index is 11.9. The number of benzene rings is 1. The fourth-order valence-corrected chi connectivity index (χ4v) is 3.10. The highest BCUT2D eigenvalue weighted by atomic mass is 16.3. The Hall–Kier alpha value is -2.01. The van der Waals surface area contributed by atoms with Crippen LogP contribution in [0.4, 0.5) is 4.79 Å². The quantitative estimate of drug-likeness (QED) is 0.700. The van der Waals surface area contributed by atoms with Gasteiger partial charge in [0.1, 0.15) is 0 Å². The number of H-pyrrole nitrogens is 1. The lowest BCUT2D eigenvalue weighted by molar-refractivity contribution is 0.00719. The van der Waals surface area contributed by atoms with Crippen LogP contribution in [0.25, 0.3) is 10.9 Å². The number of hydrogen-bond donors (Lipinski definition) is 4. The summed E-state index contributed by atoms with van der Waals surface area (Å²) in [5.41, 5.74) is 1.31. The van der Waals surface area contributed by atoms with Crippen molar-refractivity contribution >= 4 is 16.9 Å². The third kappa shape index (κ3) is 3.60. The van der Waals surface area contributed by atoms with E-state index in [-0.39, 0.29) is 6.03 Å². The van der Waals surface area contributed by atoms with E-state index in [4.69, 9.17) is 0 Å². The van der Waals surface area contributed by atoms with Crippen LogP contribution in [0.3, 0.4) is 0 Å². The van der Waals surface area contributed by atoms with Gasteiger partial charge in [0, 0.05) is 17.8 Å². The Kier molecular flexibility index (Phi) is 4.34. The van der Waals surface area contributed by atoms with E-state index in [2.05, 4.69) is 15.6 Å². The molecule has 5 nitrogen and oxygen atoms in total. The number of amides is 2. The van der Waals surface area contributed by atoms with E-state index < -0.39 is 5.60 Å². The molecule has 118 valence electrons. The maximum absolute atomic E-state index is 11.9. The number of aromatic amines is 1. The Morgan fingerprint density at radius 3 is 2.73 bits per heavy atom. The number of carbonyl (C=O) groups excluding carboxylic acids is 1. The first-order valence-corrected chi connectivity index (χ1v) is 7.95. The lowest BCUT2D eigenvalue weighted by Gasteiger charge is -2.32. The van der Waals surface area contributed by atoms with Gasteiger partial charge in [-0.25, -0.2) is 4.79 Å². The summed E-state index contributed by atoms with van der Waals surface area (Å²) in [5, 5.41) is 17.1. The van der Waals surface area contributed by atoms with Crippen LogP contribution in [-0.2, 0) is 6.54 Å². The van der Waals surface area contributed by atoms with E-state index >= 15 is 0 Å². The van der Waals surface area contributed by atoms with Crippen molar-refractivity contribution in [1.82, 2.24) is 15.6 Å². The van der Waals surface area contributed by atoms with Crippen LogP contribution in [0.15, 0.2) is 30.3 Å². The lowest BCUT2D eigenvalue weighted by Crippen LogP contribution is -2.47. The van der Waals surface area contributed by atoms with E-state index in [0.29, 0.717) is 13.1 Å². The monoisotopic (exact) mass is 301 g/mol. The predicted octanol–water partition coefficient (Wildman–Crippen LogP) is 2.66. The molecule has 0 radical (unpaired) electrons. The normalized spacial score (nSPS) is 17.3. The molecule has 1 aliphatic carbocycles. The number of carbonyl (C=O) groups is 1. The number of aromatic nitrogens is 1. The zero-order chi connectivity index (χ0) is 15.4. The first kappa shape index (κ1) is 14.9. The van der Waals surface area contributed by atoms with E-state index in [9.17, 15) is 9.90 Å². The Balaban J connectivity index is 1.47. The van der Waals surface area contributed by atoms with Crippen molar-refractivity contribution < 1.29 is 9.90 Å². The molecule has 1 saturated carbocycles. The Morgan fingerprint density at radius 2 is 1.95 bits per heavy atom. The first-order valence-electron chi connectivity index (χ1n) is 7.95. The molecular weight excluding hydrogens is 278 g/mol. The molecule has 1 aliphatic rings. The highest BCUT2D eigenvalue weighted by Crippen LogP contribution is 2.27. The second-order valence-electron chi connectivity index (χ2n) is 6.20. The zero-order valence-electron chi connectivity index (χ0n) is 12.7. The minimum atomic E-state index is -0.725. The average molecular weight is 301 g/mol. The zero-order valence-corrected chi connectivity index (χ0v) is 12.7. The van der Waals surface area contributed by atoms with Gasteiger partial charge in [0.15, 0.2) is 0 Å². The molecule has 0 saturated heterocycles.